The lowest BCUT2D eigenvalue weighted by molar-refractivity contribution is 0.246. The third-order valence-corrected chi connectivity index (χ3v) is 3.21. The monoisotopic (exact) mass is 278 g/mol. The Morgan fingerprint density at radius 3 is 2.45 bits per heavy atom. The maximum absolute atomic E-state index is 12.0. The van der Waals surface area contributed by atoms with Crippen molar-refractivity contribution in [3.05, 3.63) is 23.8 Å². The molecule has 0 spiro atoms. The van der Waals surface area contributed by atoms with E-state index >= 15 is 0 Å². The lowest BCUT2D eigenvalue weighted by Gasteiger charge is -2.18. The van der Waals surface area contributed by atoms with Crippen molar-refractivity contribution in [2.45, 2.75) is 52.5 Å². The second-order valence-electron chi connectivity index (χ2n) is 5.08. The maximum Gasteiger partial charge on any atom is 0.319 e. The Morgan fingerprint density at radius 1 is 1.25 bits per heavy atom. The van der Waals surface area contributed by atoms with E-state index in [9.17, 15) is 4.79 Å². The highest BCUT2D eigenvalue weighted by Gasteiger charge is 2.12. The molecule has 112 valence electrons. The number of carbonyl (C=O) groups excluding carboxylic acids is 1. The van der Waals surface area contributed by atoms with Gasteiger partial charge in [0, 0.05) is 6.04 Å². The summed E-state index contributed by atoms with van der Waals surface area (Å²) < 4.78 is 5.28. The van der Waals surface area contributed by atoms with Gasteiger partial charge in [0.15, 0.2) is 0 Å². The molecule has 0 heterocycles. The van der Waals surface area contributed by atoms with E-state index in [0.29, 0.717) is 11.4 Å². The molecule has 4 nitrogen and oxygen atoms in total. The lowest BCUT2D eigenvalue weighted by atomic mass is 10.1. The Bertz CT molecular complexity index is 426. The molecule has 0 radical (unpaired) electrons. The fourth-order valence-electron chi connectivity index (χ4n) is 2.23. The van der Waals surface area contributed by atoms with Gasteiger partial charge in [-0.25, -0.2) is 4.79 Å². The number of amides is 2. The van der Waals surface area contributed by atoms with Crippen molar-refractivity contribution in [1.29, 1.82) is 0 Å². The molecule has 20 heavy (non-hydrogen) atoms. The van der Waals surface area contributed by atoms with Gasteiger partial charge in [-0.2, -0.15) is 0 Å². The molecule has 1 aromatic rings. The van der Waals surface area contributed by atoms with Gasteiger partial charge < -0.3 is 15.4 Å². The minimum Gasteiger partial charge on any atom is -0.495 e. The van der Waals surface area contributed by atoms with E-state index in [2.05, 4.69) is 24.5 Å². The van der Waals surface area contributed by atoms with Crippen LogP contribution < -0.4 is 15.4 Å². The summed E-state index contributed by atoms with van der Waals surface area (Å²) in [5, 5.41) is 5.89. The summed E-state index contributed by atoms with van der Waals surface area (Å²) in [6.45, 7) is 6.25. The topological polar surface area (TPSA) is 50.4 Å². The molecular weight excluding hydrogens is 252 g/mol. The molecule has 0 bridgehead atoms. The van der Waals surface area contributed by atoms with E-state index in [1.165, 1.54) is 0 Å². The lowest BCUT2D eigenvalue weighted by Crippen LogP contribution is -2.37. The van der Waals surface area contributed by atoms with Crippen LogP contribution >= 0.6 is 0 Å². The summed E-state index contributed by atoms with van der Waals surface area (Å²) in [5.41, 5.74) is 1.80. The number of nitrogens with one attached hydrogen (secondary N) is 2. The normalized spacial score (nSPS) is 10.4. The number of urea groups is 1. The Labute approximate surface area is 121 Å². The zero-order valence-corrected chi connectivity index (χ0v) is 13.0. The smallest absolute Gasteiger partial charge is 0.319 e. The van der Waals surface area contributed by atoms with Crippen LogP contribution in [-0.2, 0) is 0 Å². The van der Waals surface area contributed by atoms with Crippen LogP contribution in [0.25, 0.3) is 0 Å². The van der Waals surface area contributed by atoms with E-state index in [1.807, 2.05) is 25.1 Å². The Kier molecular flexibility index (Phi) is 6.91. The first kappa shape index (κ1) is 16.3. The van der Waals surface area contributed by atoms with Crippen molar-refractivity contribution < 1.29 is 9.53 Å². The molecule has 2 N–H and O–H groups in total. The molecule has 0 saturated carbocycles. The van der Waals surface area contributed by atoms with Crippen LogP contribution in [0.3, 0.4) is 0 Å². The van der Waals surface area contributed by atoms with Crippen molar-refractivity contribution >= 4 is 11.7 Å². The number of ether oxygens (including phenoxy) is 1. The summed E-state index contributed by atoms with van der Waals surface area (Å²) in [5.74, 6) is 0.683. The number of hydrogen-bond acceptors (Lipinski definition) is 2. The third kappa shape index (κ3) is 5.11. The van der Waals surface area contributed by atoms with E-state index in [-0.39, 0.29) is 12.1 Å². The van der Waals surface area contributed by atoms with E-state index in [0.717, 1.165) is 31.2 Å². The Balaban J connectivity index is 2.65. The number of anilines is 1. The maximum atomic E-state index is 12.0. The predicted octanol–water partition coefficient (Wildman–Crippen LogP) is 4.09. The Hall–Kier alpha value is -1.71. The van der Waals surface area contributed by atoms with Crippen LogP contribution in [0.2, 0.25) is 0 Å². The van der Waals surface area contributed by atoms with Gasteiger partial charge in [-0.15, -0.1) is 0 Å². The predicted molar refractivity (Wildman–Crippen MR) is 83.5 cm³/mol. The molecule has 1 aromatic carbocycles. The second-order valence-corrected chi connectivity index (χ2v) is 5.08. The summed E-state index contributed by atoms with van der Waals surface area (Å²) in [4.78, 5) is 12.0. The first-order chi connectivity index (χ1) is 9.60. The van der Waals surface area contributed by atoms with Gasteiger partial charge in [0.25, 0.3) is 0 Å². The van der Waals surface area contributed by atoms with Crippen LogP contribution in [0.5, 0.6) is 5.75 Å². The first-order valence-electron chi connectivity index (χ1n) is 7.32. The summed E-state index contributed by atoms with van der Waals surface area (Å²) in [6.07, 6.45) is 4.15. The van der Waals surface area contributed by atoms with Crippen molar-refractivity contribution in [2.75, 3.05) is 12.4 Å². The highest BCUT2D eigenvalue weighted by molar-refractivity contribution is 5.91. The SMILES string of the molecule is CCCC(CCC)NC(=O)Nc1ccc(C)cc1OC. The fourth-order valence-corrected chi connectivity index (χ4v) is 2.23. The summed E-state index contributed by atoms with van der Waals surface area (Å²) in [6, 6.07) is 5.79. The molecule has 4 heteroatoms. The average molecular weight is 278 g/mol. The highest BCUT2D eigenvalue weighted by atomic mass is 16.5. The molecule has 0 aliphatic rings. The van der Waals surface area contributed by atoms with Crippen molar-refractivity contribution in [3.8, 4) is 5.75 Å². The standard InChI is InChI=1S/C16H26N2O2/c1-5-7-13(8-6-2)17-16(19)18-14-10-9-12(3)11-15(14)20-4/h9-11,13H,5-8H2,1-4H3,(H2,17,18,19). The molecule has 0 atom stereocenters. The second kappa shape index (κ2) is 8.46. The highest BCUT2D eigenvalue weighted by Crippen LogP contribution is 2.25. The summed E-state index contributed by atoms with van der Waals surface area (Å²) >= 11 is 0. The van der Waals surface area contributed by atoms with Gasteiger partial charge in [-0.3, -0.25) is 0 Å². The molecular formula is C16H26N2O2. The minimum atomic E-state index is -0.168. The summed E-state index contributed by atoms with van der Waals surface area (Å²) in [7, 11) is 1.61. The number of aryl methyl sites for hydroxylation is 1. The van der Waals surface area contributed by atoms with Gasteiger partial charge >= 0.3 is 6.03 Å². The van der Waals surface area contributed by atoms with Gasteiger partial charge in [0.2, 0.25) is 0 Å². The van der Waals surface area contributed by atoms with Gasteiger partial charge in [-0.1, -0.05) is 32.8 Å². The molecule has 0 aliphatic heterocycles. The molecule has 0 aliphatic carbocycles. The fraction of sp³-hybridized carbons (Fsp3) is 0.562. The first-order valence-corrected chi connectivity index (χ1v) is 7.32. The number of methoxy groups -OCH3 is 1. The number of hydrogen-bond donors (Lipinski definition) is 2. The van der Waals surface area contributed by atoms with E-state index < -0.39 is 0 Å². The minimum absolute atomic E-state index is 0.168. The van der Waals surface area contributed by atoms with Gasteiger partial charge in [0.1, 0.15) is 5.75 Å². The molecule has 1 rings (SSSR count). The number of benzene rings is 1. The molecule has 0 saturated heterocycles. The van der Waals surface area contributed by atoms with E-state index in [4.69, 9.17) is 4.74 Å². The average Bonchev–Trinajstić information content (AvgIpc) is 2.41. The Morgan fingerprint density at radius 2 is 1.90 bits per heavy atom. The van der Waals surface area contributed by atoms with Crippen molar-refractivity contribution in [1.82, 2.24) is 5.32 Å². The van der Waals surface area contributed by atoms with Crippen LogP contribution in [0.4, 0.5) is 10.5 Å². The quantitative estimate of drug-likeness (QED) is 0.789. The van der Waals surface area contributed by atoms with Gasteiger partial charge in [0.05, 0.1) is 12.8 Å². The zero-order valence-electron chi connectivity index (χ0n) is 13.0. The molecule has 2 amide bonds. The molecule has 0 fully saturated rings. The van der Waals surface area contributed by atoms with Crippen molar-refractivity contribution in [2.24, 2.45) is 0 Å². The van der Waals surface area contributed by atoms with Crippen LogP contribution in [0.15, 0.2) is 18.2 Å². The zero-order chi connectivity index (χ0) is 15.0. The van der Waals surface area contributed by atoms with Crippen LogP contribution in [-0.4, -0.2) is 19.2 Å². The largest absolute Gasteiger partial charge is 0.495 e. The van der Waals surface area contributed by atoms with Crippen molar-refractivity contribution in [3.63, 3.8) is 0 Å². The molecule has 0 aromatic heterocycles. The number of rotatable bonds is 7. The van der Waals surface area contributed by atoms with E-state index in [1.54, 1.807) is 7.11 Å². The third-order valence-electron chi connectivity index (χ3n) is 3.21. The molecule has 0 unspecified atom stereocenters. The number of carbonyl (C=O) groups is 1. The van der Waals surface area contributed by atoms with Crippen LogP contribution in [0, 0.1) is 6.92 Å². The van der Waals surface area contributed by atoms with Crippen LogP contribution in [0.1, 0.15) is 45.1 Å². The van der Waals surface area contributed by atoms with Gasteiger partial charge in [-0.05, 0) is 37.5 Å².